The van der Waals surface area contributed by atoms with E-state index in [9.17, 15) is 18.0 Å². The summed E-state index contributed by atoms with van der Waals surface area (Å²) in [6.45, 7) is 5.69. The Kier molecular flexibility index (Phi) is 9.86. The number of carbonyl (C=O) groups is 1. The molecule has 28 heavy (non-hydrogen) atoms. The van der Waals surface area contributed by atoms with Gasteiger partial charge in [-0.15, -0.1) is 0 Å². The molecule has 1 aliphatic carbocycles. The summed E-state index contributed by atoms with van der Waals surface area (Å²) in [5, 5.41) is 2.54. The molecule has 0 aromatic carbocycles. The second-order valence-corrected chi connectivity index (χ2v) is 5.50. The zero-order chi connectivity index (χ0) is 20.9. The SMILES string of the molecule is C=CC(=CCC)/C=C/C(=O)N/C=C/N(/C=N\C)CC1=CC(F)=C(F)C(F)=C=C1. The Morgan fingerprint density at radius 3 is 2.75 bits per heavy atom. The van der Waals surface area contributed by atoms with E-state index in [0.29, 0.717) is 0 Å². The Hall–Kier alpha value is -3.31. The van der Waals surface area contributed by atoms with Gasteiger partial charge in [-0.25, -0.2) is 4.39 Å². The van der Waals surface area contributed by atoms with E-state index in [2.05, 4.69) is 16.9 Å². The molecule has 0 unspecified atom stereocenters. The summed E-state index contributed by atoms with van der Waals surface area (Å²) in [5.41, 5.74) is 3.13. The molecular formula is C21H22F3N3O. The molecule has 0 fully saturated rings. The molecule has 4 nitrogen and oxygen atoms in total. The molecular weight excluding hydrogens is 367 g/mol. The van der Waals surface area contributed by atoms with Crippen molar-refractivity contribution in [1.82, 2.24) is 10.2 Å². The fraction of sp³-hybridized carbons (Fsp3) is 0.190. The molecule has 1 N–H and O–H groups in total. The molecule has 0 saturated heterocycles. The van der Waals surface area contributed by atoms with E-state index in [0.717, 1.165) is 24.1 Å². The maximum absolute atomic E-state index is 13.5. The quantitative estimate of drug-likeness (QED) is 0.204. The van der Waals surface area contributed by atoms with Gasteiger partial charge in [-0.2, -0.15) is 8.78 Å². The average molecular weight is 389 g/mol. The van der Waals surface area contributed by atoms with Crippen LogP contribution in [0.3, 0.4) is 0 Å². The summed E-state index contributed by atoms with van der Waals surface area (Å²) in [4.78, 5) is 17.2. The van der Waals surface area contributed by atoms with Gasteiger partial charge in [-0.1, -0.05) is 31.4 Å². The summed E-state index contributed by atoms with van der Waals surface area (Å²) in [7, 11) is 1.52. The first-order chi connectivity index (χ1) is 13.4. The van der Waals surface area contributed by atoms with Gasteiger partial charge in [0.05, 0.1) is 6.34 Å². The van der Waals surface area contributed by atoms with Crippen molar-refractivity contribution in [1.29, 1.82) is 0 Å². The lowest BCUT2D eigenvalue weighted by molar-refractivity contribution is -0.115. The second kappa shape index (κ2) is 12.1. The molecule has 148 valence electrons. The lowest BCUT2D eigenvalue weighted by Crippen LogP contribution is -2.20. The molecule has 0 bridgehead atoms. The topological polar surface area (TPSA) is 44.7 Å². The number of nitrogens with one attached hydrogen (secondary N) is 1. The highest BCUT2D eigenvalue weighted by Gasteiger charge is 2.13. The number of nitrogens with zero attached hydrogens (tertiary/aromatic N) is 2. The Balaban J connectivity index is 2.78. The van der Waals surface area contributed by atoms with Crippen molar-refractivity contribution in [3.63, 3.8) is 0 Å². The molecule has 1 aliphatic rings. The van der Waals surface area contributed by atoms with Gasteiger partial charge in [0.2, 0.25) is 17.6 Å². The van der Waals surface area contributed by atoms with E-state index in [1.165, 1.54) is 36.8 Å². The van der Waals surface area contributed by atoms with Crippen LogP contribution >= 0.6 is 0 Å². The minimum absolute atomic E-state index is 0.0559. The monoisotopic (exact) mass is 389 g/mol. The predicted octanol–water partition coefficient (Wildman–Crippen LogP) is 4.71. The van der Waals surface area contributed by atoms with Gasteiger partial charge in [-0.05, 0) is 35.8 Å². The number of rotatable bonds is 9. The third-order valence-corrected chi connectivity index (χ3v) is 3.32. The number of amides is 1. The first kappa shape index (κ1) is 22.7. The number of halogens is 3. The maximum atomic E-state index is 13.5. The molecule has 7 heteroatoms. The van der Waals surface area contributed by atoms with Crippen LogP contribution < -0.4 is 5.32 Å². The van der Waals surface area contributed by atoms with Gasteiger partial charge < -0.3 is 10.2 Å². The van der Waals surface area contributed by atoms with Crippen molar-refractivity contribution < 1.29 is 18.0 Å². The fourth-order valence-electron chi connectivity index (χ4n) is 2.06. The van der Waals surface area contributed by atoms with Crippen molar-refractivity contribution in [2.75, 3.05) is 13.6 Å². The van der Waals surface area contributed by atoms with Gasteiger partial charge >= 0.3 is 0 Å². The van der Waals surface area contributed by atoms with Crippen LogP contribution in [-0.4, -0.2) is 30.7 Å². The van der Waals surface area contributed by atoms with Gasteiger partial charge in [0.15, 0.2) is 5.83 Å². The minimum atomic E-state index is -1.59. The van der Waals surface area contributed by atoms with E-state index in [-0.39, 0.29) is 18.0 Å². The smallest absolute Gasteiger partial charge is 0.247 e. The van der Waals surface area contributed by atoms with E-state index >= 15 is 0 Å². The third kappa shape index (κ3) is 7.93. The normalized spacial score (nSPS) is 15.2. The Morgan fingerprint density at radius 2 is 2.11 bits per heavy atom. The highest BCUT2D eigenvalue weighted by molar-refractivity contribution is 5.88. The summed E-state index contributed by atoms with van der Waals surface area (Å²) < 4.78 is 40.0. The average Bonchev–Trinajstić information content (AvgIpc) is 2.79. The van der Waals surface area contributed by atoms with E-state index in [1.807, 2.05) is 18.7 Å². The van der Waals surface area contributed by atoms with Crippen molar-refractivity contribution >= 4 is 12.2 Å². The molecule has 0 heterocycles. The lowest BCUT2D eigenvalue weighted by atomic mass is 10.2. The number of hydrogen-bond donors (Lipinski definition) is 1. The van der Waals surface area contributed by atoms with Crippen LogP contribution in [-0.2, 0) is 4.79 Å². The van der Waals surface area contributed by atoms with Crippen LogP contribution in [0.15, 0.2) is 94.8 Å². The zero-order valence-corrected chi connectivity index (χ0v) is 15.8. The molecule has 0 aliphatic heterocycles. The molecule has 1 rings (SSSR count). The fourth-order valence-corrected chi connectivity index (χ4v) is 2.06. The van der Waals surface area contributed by atoms with Crippen molar-refractivity contribution in [2.45, 2.75) is 13.3 Å². The number of carbonyl (C=O) groups excluding carboxylic acids is 1. The Labute approximate surface area is 162 Å². The number of aliphatic imine (C=N–C) groups is 1. The van der Waals surface area contributed by atoms with E-state index < -0.39 is 17.5 Å². The third-order valence-electron chi connectivity index (χ3n) is 3.32. The van der Waals surface area contributed by atoms with Gasteiger partial charge in [0.1, 0.15) is 0 Å². The van der Waals surface area contributed by atoms with Gasteiger partial charge in [0, 0.05) is 32.1 Å². The highest BCUT2D eigenvalue weighted by Crippen LogP contribution is 2.23. The largest absolute Gasteiger partial charge is 0.333 e. The van der Waals surface area contributed by atoms with E-state index in [4.69, 9.17) is 0 Å². The molecule has 0 spiro atoms. The number of allylic oxidation sites excluding steroid dienone is 7. The van der Waals surface area contributed by atoms with Crippen molar-refractivity contribution in [2.24, 2.45) is 4.99 Å². The molecule has 0 saturated carbocycles. The molecule has 0 atom stereocenters. The maximum Gasteiger partial charge on any atom is 0.247 e. The first-order valence-corrected chi connectivity index (χ1v) is 8.45. The van der Waals surface area contributed by atoms with Crippen LogP contribution in [0.5, 0.6) is 0 Å². The molecule has 0 aromatic heterocycles. The van der Waals surface area contributed by atoms with Gasteiger partial charge in [-0.3, -0.25) is 9.79 Å². The summed E-state index contributed by atoms with van der Waals surface area (Å²) in [6, 6.07) is 0. The highest BCUT2D eigenvalue weighted by atomic mass is 19.2. The second-order valence-electron chi connectivity index (χ2n) is 5.50. The van der Waals surface area contributed by atoms with Crippen LogP contribution in [0.1, 0.15) is 13.3 Å². The van der Waals surface area contributed by atoms with Crippen LogP contribution in [0, 0.1) is 0 Å². The van der Waals surface area contributed by atoms with Crippen LogP contribution in [0.4, 0.5) is 13.2 Å². The predicted molar refractivity (Wildman–Crippen MR) is 106 cm³/mol. The molecule has 1 amide bonds. The lowest BCUT2D eigenvalue weighted by Gasteiger charge is -2.14. The summed E-state index contributed by atoms with van der Waals surface area (Å²) in [5.74, 6) is -4.66. The molecule has 0 radical (unpaired) electrons. The number of hydrogen-bond acceptors (Lipinski definition) is 2. The summed E-state index contributed by atoms with van der Waals surface area (Å²) >= 11 is 0. The standard InChI is InChI=1S/C21H22F3N3O/c1-4-6-16(5-2)8-10-20(28)26-11-12-27(15-25-3)14-17-7-9-18(22)21(24)19(23)13-17/h5-8,10-13,15H,2,4,14H2,1,3H3,(H,26,28)/b10-8+,12-11+,16-6?,25-15-. The molecule has 0 aromatic rings. The van der Waals surface area contributed by atoms with E-state index in [1.54, 1.807) is 12.2 Å². The summed E-state index contributed by atoms with van der Waals surface area (Å²) in [6.07, 6.45) is 13.7. The van der Waals surface area contributed by atoms with Crippen molar-refractivity contribution in [3.05, 3.63) is 89.8 Å². The van der Waals surface area contributed by atoms with Crippen LogP contribution in [0.2, 0.25) is 0 Å². The first-order valence-electron chi connectivity index (χ1n) is 8.45. The van der Waals surface area contributed by atoms with Gasteiger partial charge in [0.25, 0.3) is 0 Å². The zero-order valence-electron chi connectivity index (χ0n) is 15.8. The van der Waals surface area contributed by atoms with Crippen molar-refractivity contribution in [3.8, 4) is 0 Å². The Morgan fingerprint density at radius 1 is 1.36 bits per heavy atom. The minimum Gasteiger partial charge on any atom is -0.333 e. The van der Waals surface area contributed by atoms with Crippen LogP contribution in [0.25, 0.3) is 0 Å². The Bertz CT molecular complexity index is 839.